The molecule has 1 atom stereocenters. The van der Waals surface area contributed by atoms with Gasteiger partial charge in [-0.3, -0.25) is 0 Å². The SMILES string of the molecule is CC(CO)SCc1noc(-c2ccccc2)n1. The number of hydrogen-bond acceptors (Lipinski definition) is 5. The van der Waals surface area contributed by atoms with E-state index in [1.807, 2.05) is 37.3 Å². The molecule has 4 nitrogen and oxygen atoms in total. The lowest BCUT2D eigenvalue weighted by Gasteiger charge is -2.03. The molecule has 0 saturated carbocycles. The minimum absolute atomic E-state index is 0.161. The van der Waals surface area contributed by atoms with Crippen molar-refractivity contribution >= 4 is 11.8 Å². The highest BCUT2D eigenvalue weighted by atomic mass is 32.2. The number of aliphatic hydroxyl groups is 1. The number of aliphatic hydroxyl groups excluding tert-OH is 1. The summed E-state index contributed by atoms with van der Waals surface area (Å²) in [4.78, 5) is 4.31. The molecule has 1 heterocycles. The number of hydrogen-bond donors (Lipinski definition) is 1. The molecule has 2 rings (SSSR count). The van der Waals surface area contributed by atoms with Crippen molar-refractivity contribution in [2.75, 3.05) is 6.61 Å². The third-order valence-electron chi connectivity index (χ3n) is 2.24. The second kappa shape index (κ2) is 5.84. The Balaban J connectivity index is 2.01. The van der Waals surface area contributed by atoms with Gasteiger partial charge >= 0.3 is 0 Å². The van der Waals surface area contributed by atoms with E-state index < -0.39 is 0 Å². The molecule has 0 bridgehead atoms. The van der Waals surface area contributed by atoms with Crippen molar-refractivity contribution in [1.29, 1.82) is 0 Å². The molecule has 0 aliphatic heterocycles. The van der Waals surface area contributed by atoms with Crippen LogP contribution in [0.3, 0.4) is 0 Å². The molecule has 90 valence electrons. The summed E-state index contributed by atoms with van der Waals surface area (Å²) in [5, 5.41) is 13.0. The highest BCUT2D eigenvalue weighted by Gasteiger charge is 2.09. The van der Waals surface area contributed by atoms with Crippen molar-refractivity contribution in [3.8, 4) is 11.5 Å². The first-order valence-electron chi connectivity index (χ1n) is 5.40. The third-order valence-corrected chi connectivity index (χ3v) is 3.39. The van der Waals surface area contributed by atoms with Crippen LogP contribution >= 0.6 is 11.8 Å². The van der Waals surface area contributed by atoms with Crippen LogP contribution in [0.1, 0.15) is 12.7 Å². The van der Waals surface area contributed by atoms with Crippen LogP contribution < -0.4 is 0 Å². The molecular weight excluding hydrogens is 236 g/mol. The molecular formula is C12H14N2O2S. The van der Waals surface area contributed by atoms with Crippen LogP contribution in [0.2, 0.25) is 0 Å². The molecule has 5 heteroatoms. The maximum Gasteiger partial charge on any atom is 0.257 e. The van der Waals surface area contributed by atoms with Gasteiger partial charge in [-0.15, -0.1) is 11.8 Å². The Morgan fingerprint density at radius 1 is 1.35 bits per heavy atom. The molecule has 0 aliphatic rings. The average molecular weight is 250 g/mol. The van der Waals surface area contributed by atoms with Crippen LogP contribution in [0.15, 0.2) is 34.9 Å². The number of nitrogens with zero attached hydrogens (tertiary/aromatic N) is 2. The van der Waals surface area contributed by atoms with Gasteiger partial charge in [0.1, 0.15) is 0 Å². The van der Waals surface area contributed by atoms with Gasteiger partial charge in [-0.05, 0) is 12.1 Å². The smallest absolute Gasteiger partial charge is 0.257 e. The zero-order chi connectivity index (χ0) is 12.1. The molecule has 17 heavy (non-hydrogen) atoms. The minimum Gasteiger partial charge on any atom is -0.395 e. The standard InChI is InChI=1S/C12H14N2O2S/c1-9(7-15)17-8-11-13-12(16-14-11)10-5-3-2-4-6-10/h2-6,9,15H,7-8H2,1H3. The molecule has 0 radical (unpaired) electrons. The maximum atomic E-state index is 8.91. The Labute approximate surface area is 104 Å². The second-order valence-electron chi connectivity index (χ2n) is 3.69. The fraction of sp³-hybridized carbons (Fsp3) is 0.333. The van der Waals surface area contributed by atoms with Crippen molar-refractivity contribution < 1.29 is 9.63 Å². The molecule has 0 amide bonds. The normalized spacial score (nSPS) is 12.6. The van der Waals surface area contributed by atoms with Crippen molar-refractivity contribution in [2.45, 2.75) is 17.9 Å². The first kappa shape index (κ1) is 12.1. The van der Waals surface area contributed by atoms with Gasteiger partial charge in [0.05, 0.1) is 12.4 Å². The predicted molar refractivity (Wildman–Crippen MR) is 67.6 cm³/mol. The largest absolute Gasteiger partial charge is 0.395 e. The van der Waals surface area contributed by atoms with E-state index in [4.69, 9.17) is 9.63 Å². The Morgan fingerprint density at radius 3 is 2.82 bits per heavy atom. The summed E-state index contributed by atoms with van der Waals surface area (Å²) in [7, 11) is 0. The van der Waals surface area contributed by atoms with E-state index in [1.54, 1.807) is 11.8 Å². The van der Waals surface area contributed by atoms with Gasteiger partial charge in [-0.25, -0.2) is 0 Å². The average Bonchev–Trinajstić information content (AvgIpc) is 2.86. The lowest BCUT2D eigenvalue weighted by Crippen LogP contribution is -2.02. The van der Waals surface area contributed by atoms with Crippen molar-refractivity contribution in [1.82, 2.24) is 10.1 Å². The van der Waals surface area contributed by atoms with E-state index in [-0.39, 0.29) is 11.9 Å². The molecule has 1 N–H and O–H groups in total. The van der Waals surface area contributed by atoms with E-state index in [9.17, 15) is 0 Å². The lowest BCUT2D eigenvalue weighted by atomic mass is 10.2. The summed E-state index contributed by atoms with van der Waals surface area (Å²) >= 11 is 1.60. The van der Waals surface area contributed by atoms with E-state index in [2.05, 4.69) is 10.1 Å². The first-order chi connectivity index (χ1) is 8.29. The number of aromatic nitrogens is 2. The Bertz CT molecular complexity index is 459. The molecule has 0 saturated heterocycles. The van der Waals surface area contributed by atoms with Gasteiger partial charge in [0.2, 0.25) is 0 Å². The third kappa shape index (κ3) is 3.31. The number of benzene rings is 1. The van der Waals surface area contributed by atoms with Crippen LogP contribution in [-0.2, 0) is 5.75 Å². The van der Waals surface area contributed by atoms with Gasteiger partial charge in [0.25, 0.3) is 5.89 Å². The Morgan fingerprint density at radius 2 is 2.12 bits per heavy atom. The van der Waals surface area contributed by atoms with E-state index >= 15 is 0 Å². The fourth-order valence-corrected chi connectivity index (χ4v) is 1.94. The van der Waals surface area contributed by atoms with E-state index in [1.165, 1.54) is 0 Å². The van der Waals surface area contributed by atoms with Crippen LogP contribution in [0.4, 0.5) is 0 Å². The molecule has 0 fully saturated rings. The fourth-order valence-electron chi connectivity index (χ4n) is 1.28. The highest BCUT2D eigenvalue weighted by molar-refractivity contribution is 7.99. The van der Waals surface area contributed by atoms with Crippen molar-refractivity contribution in [2.24, 2.45) is 0 Å². The zero-order valence-corrected chi connectivity index (χ0v) is 10.4. The van der Waals surface area contributed by atoms with Crippen LogP contribution in [0.25, 0.3) is 11.5 Å². The monoisotopic (exact) mass is 250 g/mol. The number of rotatable bonds is 5. The van der Waals surface area contributed by atoms with Gasteiger partial charge < -0.3 is 9.63 Å². The topological polar surface area (TPSA) is 59.2 Å². The van der Waals surface area contributed by atoms with Crippen molar-refractivity contribution in [3.63, 3.8) is 0 Å². The summed E-state index contributed by atoms with van der Waals surface area (Å²) in [5.74, 6) is 1.85. The Hall–Kier alpha value is -1.33. The van der Waals surface area contributed by atoms with E-state index in [0.717, 1.165) is 5.56 Å². The molecule has 0 spiro atoms. The zero-order valence-electron chi connectivity index (χ0n) is 9.54. The predicted octanol–water partition coefficient (Wildman–Crippen LogP) is 2.35. The number of thioether (sulfide) groups is 1. The highest BCUT2D eigenvalue weighted by Crippen LogP contribution is 2.19. The van der Waals surface area contributed by atoms with Gasteiger partial charge in [-0.2, -0.15) is 4.98 Å². The van der Waals surface area contributed by atoms with Gasteiger partial charge in [0, 0.05) is 10.8 Å². The summed E-state index contributed by atoms with van der Waals surface area (Å²) in [5.41, 5.74) is 0.923. The van der Waals surface area contributed by atoms with E-state index in [0.29, 0.717) is 17.5 Å². The molecule has 1 aromatic heterocycles. The maximum absolute atomic E-state index is 8.91. The second-order valence-corrected chi connectivity index (χ2v) is 5.11. The quantitative estimate of drug-likeness (QED) is 0.882. The van der Waals surface area contributed by atoms with Crippen molar-refractivity contribution in [3.05, 3.63) is 36.2 Å². The lowest BCUT2D eigenvalue weighted by molar-refractivity contribution is 0.300. The summed E-state index contributed by atoms with van der Waals surface area (Å²) < 4.78 is 5.18. The van der Waals surface area contributed by atoms with Gasteiger partial charge in [-0.1, -0.05) is 30.3 Å². The summed E-state index contributed by atoms with van der Waals surface area (Å²) in [6.07, 6.45) is 0. The minimum atomic E-state index is 0.161. The van der Waals surface area contributed by atoms with Crippen LogP contribution in [0.5, 0.6) is 0 Å². The summed E-state index contributed by atoms with van der Waals surface area (Å²) in [6.45, 7) is 2.12. The van der Waals surface area contributed by atoms with Crippen LogP contribution in [-0.4, -0.2) is 27.1 Å². The summed E-state index contributed by atoms with van der Waals surface area (Å²) in [6, 6.07) is 9.67. The molecule has 0 aliphatic carbocycles. The Kier molecular flexibility index (Phi) is 4.17. The molecule has 1 aromatic carbocycles. The molecule has 1 unspecified atom stereocenters. The van der Waals surface area contributed by atoms with Crippen LogP contribution in [0, 0.1) is 0 Å². The van der Waals surface area contributed by atoms with Gasteiger partial charge in [0.15, 0.2) is 5.82 Å². The molecule has 2 aromatic rings. The first-order valence-corrected chi connectivity index (χ1v) is 6.45.